The van der Waals surface area contributed by atoms with E-state index in [0.717, 1.165) is 32.9 Å². The summed E-state index contributed by atoms with van der Waals surface area (Å²) in [6.45, 7) is 0. The van der Waals surface area contributed by atoms with Gasteiger partial charge in [-0.25, -0.2) is 0 Å². The molecule has 0 bridgehead atoms. The first kappa shape index (κ1) is 9.58. The minimum Gasteiger partial charge on any atom is -0.352 e. The second kappa shape index (κ2) is 3.44. The van der Waals surface area contributed by atoms with Crippen LogP contribution in [-0.2, 0) is 0 Å². The van der Waals surface area contributed by atoms with Crippen molar-refractivity contribution in [2.75, 3.05) is 0 Å². The Kier molecular flexibility index (Phi) is 1.94. The van der Waals surface area contributed by atoms with Gasteiger partial charge in [-0.1, -0.05) is 36.1 Å². The molecule has 0 atom stereocenters. The first-order valence-electron chi connectivity index (χ1n) is 5.32. The highest BCUT2D eigenvalue weighted by atomic mass is 14.7. The average Bonchev–Trinajstić information content (AvgIpc) is 2.77. The van der Waals surface area contributed by atoms with Crippen LogP contribution in [0.2, 0.25) is 0 Å². The van der Waals surface area contributed by atoms with Crippen molar-refractivity contribution in [3.63, 3.8) is 0 Å². The Morgan fingerprint density at radius 1 is 0.765 bits per heavy atom. The number of rotatable bonds is 0. The molecule has 1 heterocycles. The van der Waals surface area contributed by atoms with E-state index < -0.39 is 0 Å². The molecule has 0 unspecified atom stereocenters. The lowest BCUT2D eigenvalue weighted by molar-refractivity contribution is 1.52. The van der Waals surface area contributed by atoms with E-state index in [4.69, 9.17) is 12.8 Å². The summed E-state index contributed by atoms with van der Waals surface area (Å²) >= 11 is 0. The number of hydrogen-bond donors (Lipinski definition) is 1. The van der Waals surface area contributed by atoms with E-state index in [1.807, 2.05) is 24.3 Å². The van der Waals surface area contributed by atoms with Gasteiger partial charge < -0.3 is 4.98 Å². The first-order chi connectivity index (χ1) is 8.35. The minimum absolute atomic E-state index is 0.863. The molecule has 17 heavy (non-hydrogen) atoms. The van der Waals surface area contributed by atoms with Gasteiger partial charge in [0.25, 0.3) is 0 Å². The number of nitrogens with one attached hydrogen (secondary N) is 1. The second-order valence-corrected chi connectivity index (χ2v) is 3.87. The smallest absolute Gasteiger partial charge is 0.0624 e. The number of fused-ring (bicyclic) bond motifs is 3. The Morgan fingerprint density at radius 3 is 1.65 bits per heavy atom. The van der Waals surface area contributed by atoms with Gasteiger partial charge in [0.15, 0.2) is 0 Å². The number of benzene rings is 2. The second-order valence-electron chi connectivity index (χ2n) is 3.87. The Morgan fingerprint density at radius 2 is 1.24 bits per heavy atom. The molecule has 0 aliphatic heterocycles. The van der Waals surface area contributed by atoms with Crippen LogP contribution in [0.4, 0.5) is 0 Å². The molecule has 2 aromatic carbocycles. The highest BCUT2D eigenvalue weighted by molar-refractivity contribution is 6.10. The molecule has 3 rings (SSSR count). The number of H-pyrrole nitrogens is 1. The molecule has 3 aromatic rings. The molecule has 0 saturated heterocycles. The first-order valence-corrected chi connectivity index (χ1v) is 5.32. The van der Waals surface area contributed by atoms with E-state index in [1.165, 1.54) is 0 Å². The van der Waals surface area contributed by atoms with Gasteiger partial charge in [-0.2, -0.15) is 0 Å². The number of terminal acetylenes is 2. The maximum Gasteiger partial charge on any atom is 0.0624 e. The summed E-state index contributed by atoms with van der Waals surface area (Å²) in [5, 5.41) is 2.24. The zero-order valence-corrected chi connectivity index (χ0v) is 9.12. The van der Waals surface area contributed by atoms with Gasteiger partial charge >= 0.3 is 0 Å². The molecular weight excluding hydrogens is 206 g/mol. The number of hydrogen-bond acceptors (Lipinski definition) is 0. The van der Waals surface area contributed by atoms with Crippen LogP contribution in [0.1, 0.15) is 11.1 Å². The molecule has 0 amide bonds. The van der Waals surface area contributed by atoms with E-state index in [2.05, 4.69) is 29.0 Å². The van der Waals surface area contributed by atoms with E-state index in [9.17, 15) is 0 Å². The summed E-state index contributed by atoms with van der Waals surface area (Å²) in [6, 6.07) is 11.9. The Hall–Kier alpha value is -2.64. The van der Waals surface area contributed by atoms with E-state index in [-0.39, 0.29) is 0 Å². The molecule has 78 valence electrons. The van der Waals surface area contributed by atoms with E-state index in [1.54, 1.807) is 0 Å². The molecule has 0 radical (unpaired) electrons. The Labute approximate surface area is 99.5 Å². The van der Waals surface area contributed by atoms with Gasteiger partial charge in [0.1, 0.15) is 0 Å². The molecule has 1 aromatic heterocycles. The van der Waals surface area contributed by atoms with Crippen LogP contribution in [0.3, 0.4) is 0 Å². The van der Waals surface area contributed by atoms with Crippen molar-refractivity contribution in [3.05, 3.63) is 47.5 Å². The lowest BCUT2D eigenvalue weighted by atomic mass is 10.1. The zero-order valence-electron chi connectivity index (χ0n) is 9.12. The largest absolute Gasteiger partial charge is 0.352 e. The summed E-state index contributed by atoms with van der Waals surface area (Å²) in [6.07, 6.45) is 11.0. The third-order valence-electron chi connectivity index (χ3n) is 2.98. The van der Waals surface area contributed by atoms with Crippen molar-refractivity contribution in [3.8, 4) is 24.7 Å². The molecule has 0 saturated carbocycles. The fourth-order valence-corrected chi connectivity index (χ4v) is 2.19. The number of para-hydroxylation sites is 2. The molecule has 1 heteroatoms. The predicted octanol–water partition coefficient (Wildman–Crippen LogP) is 3.28. The van der Waals surface area contributed by atoms with Crippen LogP contribution in [0.15, 0.2) is 36.4 Å². The van der Waals surface area contributed by atoms with Crippen molar-refractivity contribution >= 4 is 21.8 Å². The van der Waals surface area contributed by atoms with Crippen molar-refractivity contribution in [2.45, 2.75) is 0 Å². The lowest BCUT2D eigenvalue weighted by Gasteiger charge is -1.93. The monoisotopic (exact) mass is 215 g/mol. The van der Waals surface area contributed by atoms with Gasteiger partial charge in [-0.05, 0) is 12.1 Å². The number of aromatic nitrogens is 1. The lowest BCUT2D eigenvalue weighted by Crippen LogP contribution is -1.77. The van der Waals surface area contributed by atoms with Crippen LogP contribution < -0.4 is 0 Å². The zero-order chi connectivity index (χ0) is 11.8. The van der Waals surface area contributed by atoms with Crippen molar-refractivity contribution in [2.24, 2.45) is 0 Å². The van der Waals surface area contributed by atoms with Crippen LogP contribution in [-0.4, -0.2) is 4.98 Å². The maximum atomic E-state index is 5.50. The molecule has 1 nitrogen and oxygen atoms in total. The van der Waals surface area contributed by atoms with Gasteiger partial charge in [0.05, 0.1) is 11.0 Å². The summed E-state index contributed by atoms with van der Waals surface area (Å²) in [5.41, 5.74) is 3.68. The van der Waals surface area contributed by atoms with E-state index >= 15 is 0 Å². The normalized spacial score (nSPS) is 10.2. The Balaban J connectivity index is 2.60. The topological polar surface area (TPSA) is 15.8 Å². The summed E-state index contributed by atoms with van der Waals surface area (Å²) < 4.78 is 0. The fourth-order valence-electron chi connectivity index (χ4n) is 2.19. The molecule has 0 aliphatic rings. The van der Waals surface area contributed by atoms with Gasteiger partial charge in [0.2, 0.25) is 0 Å². The predicted molar refractivity (Wildman–Crippen MR) is 71.7 cm³/mol. The molecule has 0 aliphatic carbocycles. The van der Waals surface area contributed by atoms with Gasteiger partial charge in [-0.3, -0.25) is 0 Å². The van der Waals surface area contributed by atoms with Crippen LogP contribution in [0, 0.1) is 24.7 Å². The summed E-state index contributed by atoms with van der Waals surface area (Å²) in [5.74, 6) is 5.37. The summed E-state index contributed by atoms with van der Waals surface area (Å²) in [4.78, 5) is 3.33. The highest BCUT2D eigenvalue weighted by Crippen LogP contribution is 2.28. The van der Waals surface area contributed by atoms with Gasteiger partial charge in [0, 0.05) is 21.9 Å². The molecular formula is C16H9N. The Bertz CT molecular complexity index is 739. The third kappa shape index (κ3) is 1.24. The van der Waals surface area contributed by atoms with Crippen LogP contribution in [0.25, 0.3) is 21.8 Å². The standard InChI is InChI=1S/C16H9N/c1-3-11-7-5-9-13-14-10-6-8-12(4-2)16(14)17-15(11)13/h1-2,5-10,17H. The molecule has 1 N–H and O–H groups in total. The number of aromatic amines is 1. The van der Waals surface area contributed by atoms with Crippen LogP contribution in [0.5, 0.6) is 0 Å². The summed E-state index contributed by atoms with van der Waals surface area (Å²) in [7, 11) is 0. The van der Waals surface area contributed by atoms with E-state index in [0.29, 0.717) is 0 Å². The fraction of sp³-hybridized carbons (Fsp3) is 0. The quantitative estimate of drug-likeness (QED) is 0.554. The SMILES string of the molecule is C#Cc1cccc2c1[nH]c1c(C#C)cccc12. The molecule has 0 fully saturated rings. The highest BCUT2D eigenvalue weighted by Gasteiger charge is 2.08. The third-order valence-corrected chi connectivity index (χ3v) is 2.98. The van der Waals surface area contributed by atoms with Gasteiger partial charge in [-0.15, -0.1) is 12.8 Å². The molecule has 0 spiro atoms. The van der Waals surface area contributed by atoms with Crippen molar-refractivity contribution in [1.29, 1.82) is 0 Å². The van der Waals surface area contributed by atoms with Crippen LogP contribution >= 0.6 is 0 Å². The average molecular weight is 215 g/mol. The van der Waals surface area contributed by atoms with Crippen molar-refractivity contribution in [1.82, 2.24) is 4.98 Å². The minimum atomic E-state index is 0.863. The maximum absolute atomic E-state index is 5.50. The van der Waals surface area contributed by atoms with Crippen molar-refractivity contribution < 1.29 is 0 Å².